The highest BCUT2D eigenvalue weighted by atomic mass is 16.6. The van der Waals surface area contributed by atoms with Crippen LogP contribution in [0, 0.1) is 0 Å². The number of imide groups is 1. The first-order valence-corrected chi connectivity index (χ1v) is 16.4. The molecule has 3 aromatic heterocycles. The summed E-state index contributed by atoms with van der Waals surface area (Å²) < 4.78 is 19.3. The van der Waals surface area contributed by atoms with Crippen LogP contribution in [-0.4, -0.2) is 85.9 Å². The molecule has 7 rings (SSSR count). The van der Waals surface area contributed by atoms with E-state index in [0.29, 0.717) is 54.8 Å². The Hall–Kier alpha value is -5.33. The maximum absolute atomic E-state index is 14.0. The number of rotatable bonds is 3. The van der Waals surface area contributed by atoms with Crippen LogP contribution < -0.4 is 15.0 Å². The number of benzene rings is 1. The summed E-state index contributed by atoms with van der Waals surface area (Å²) in [6.45, 7) is 12.9. The molecule has 0 radical (unpaired) electrons. The molecule has 1 atom stereocenters. The number of pyridine rings is 2. The van der Waals surface area contributed by atoms with Crippen LogP contribution in [0.5, 0.6) is 5.88 Å². The third-order valence-corrected chi connectivity index (χ3v) is 8.72. The van der Waals surface area contributed by atoms with E-state index >= 15 is 0 Å². The van der Waals surface area contributed by atoms with Crippen molar-refractivity contribution < 1.29 is 28.6 Å². The predicted octanol–water partition coefficient (Wildman–Crippen LogP) is 6.09. The molecule has 3 amide bonds. The van der Waals surface area contributed by atoms with Crippen LogP contribution in [-0.2, 0) is 23.1 Å². The van der Waals surface area contributed by atoms with E-state index in [2.05, 4.69) is 15.2 Å². The summed E-state index contributed by atoms with van der Waals surface area (Å²) in [7, 11) is 1.93. The molecule has 49 heavy (non-hydrogen) atoms. The number of carbonyl (C=O) groups is 3. The largest absolute Gasteiger partial charge is 0.474 e. The van der Waals surface area contributed by atoms with Gasteiger partial charge >= 0.3 is 12.2 Å². The highest BCUT2D eigenvalue weighted by Gasteiger charge is 2.40. The molecule has 13 heteroatoms. The lowest BCUT2D eigenvalue weighted by molar-refractivity contribution is 0.0191. The van der Waals surface area contributed by atoms with Crippen LogP contribution in [0.2, 0.25) is 0 Å². The van der Waals surface area contributed by atoms with Crippen molar-refractivity contribution in [1.82, 2.24) is 24.3 Å². The summed E-state index contributed by atoms with van der Waals surface area (Å²) in [5.41, 5.74) is 3.65. The topological polar surface area (TPSA) is 131 Å². The van der Waals surface area contributed by atoms with Crippen molar-refractivity contribution in [1.29, 1.82) is 0 Å². The molecular formula is C36H41N7O6. The number of piperazine rings is 1. The summed E-state index contributed by atoms with van der Waals surface area (Å²) in [5, 5.41) is 4.27. The molecule has 3 aliphatic heterocycles. The normalized spacial score (nSPS) is 17.3. The summed E-state index contributed by atoms with van der Waals surface area (Å²) >= 11 is 0. The van der Waals surface area contributed by atoms with E-state index in [1.807, 2.05) is 75.0 Å². The molecule has 3 aliphatic rings. The number of nitrogens with zero attached hydrogens (tertiary/aromatic N) is 6. The summed E-state index contributed by atoms with van der Waals surface area (Å²) in [5.74, 6) is 0.495. The van der Waals surface area contributed by atoms with Gasteiger partial charge in [0, 0.05) is 44.5 Å². The lowest BCUT2D eigenvalue weighted by Crippen LogP contribution is -2.59. The van der Waals surface area contributed by atoms with Gasteiger partial charge in [-0.15, -0.1) is 0 Å². The molecule has 13 nitrogen and oxygen atoms in total. The van der Waals surface area contributed by atoms with Crippen molar-refractivity contribution in [3.8, 4) is 17.0 Å². The minimum absolute atomic E-state index is 0.0362. The average molecular weight is 668 g/mol. The third-order valence-electron chi connectivity index (χ3n) is 8.72. The molecular weight excluding hydrogens is 626 g/mol. The van der Waals surface area contributed by atoms with E-state index in [9.17, 15) is 14.4 Å². The van der Waals surface area contributed by atoms with Crippen molar-refractivity contribution in [3.05, 3.63) is 59.9 Å². The standard InChI is InChI=1S/C36H41N7O6/c1-35(2,3)48-33(45)41-16-17-42-21(18-41)20-47-31-27(42)10-11-28(39-31)38-26-9-8-22(23-12-14-37-30-24(23)13-15-40(30)7)25-19-43(32(44)29(25)26)34(46)49-36(4,5)6/h8-15,21H,16-20H2,1-7H3,(H,38,39)/t21-/m1/s1. The van der Waals surface area contributed by atoms with E-state index in [1.54, 1.807) is 31.9 Å². The smallest absolute Gasteiger partial charge is 0.417 e. The number of amides is 3. The molecule has 0 spiro atoms. The summed E-state index contributed by atoms with van der Waals surface area (Å²) in [6, 6.07) is 11.5. The molecule has 0 aliphatic carbocycles. The Labute approximate surface area is 284 Å². The summed E-state index contributed by atoms with van der Waals surface area (Å²) in [6.07, 6.45) is 2.66. The number of hydrogen-bond acceptors (Lipinski definition) is 10. The number of fused-ring (bicyclic) bond motifs is 5. The Morgan fingerprint density at radius 2 is 1.69 bits per heavy atom. The second kappa shape index (κ2) is 11.7. The van der Waals surface area contributed by atoms with E-state index < -0.39 is 23.2 Å². The SMILES string of the molecule is Cn1ccc2c(-c3ccc(Nc4ccc5c(n4)OC[C@H]4CN(C(=O)OC(C)(C)C)CCN54)c4c3CN(C(=O)OC(C)(C)C)C4=O)ccnc21. The first-order chi connectivity index (χ1) is 23.2. The monoisotopic (exact) mass is 667 g/mol. The number of carbonyl (C=O) groups excluding carboxylic acids is 3. The first kappa shape index (κ1) is 32.2. The number of nitrogens with one attached hydrogen (secondary N) is 1. The fourth-order valence-corrected chi connectivity index (χ4v) is 6.59. The Kier molecular flexibility index (Phi) is 7.68. The van der Waals surface area contributed by atoms with Crippen LogP contribution in [0.4, 0.5) is 26.8 Å². The van der Waals surface area contributed by atoms with E-state index in [1.165, 1.54) is 0 Å². The van der Waals surface area contributed by atoms with Gasteiger partial charge < -0.3 is 33.9 Å². The van der Waals surface area contributed by atoms with Crippen LogP contribution in [0.3, 0.4) is 0 Å². The lowest BCUT2D eigenvalue weighted by atomic mass is 9.94. The van der Waals surface area contributed by atoms with E-state index in [-0.39, 0.29) is 18.7 Å². The fraction of sp³-hybridized carbons (Fsp3) is 0.417. The number of aryl methyl sites for hydroxylation is 1. The molecule has 0 saturated carbocycles. The molecule has 1 aromatic carbocycles. The maximum Gasteiger partial charge on any atom is 0.417 e. The van der Waals surface area contributed by atoms with Gasteiger partial charge in [0.15, 0.2) is 0 Å². The Morgan fingerprint density at radius 1 is 0.939 bits per heavy atom. The zero-order valence-electron chi connectivity index (χ0n) is 28.9. The molecule has 0 unspecified atom stereocenters. The quantitative estimate of drug-likeness (QED) is 0.274. The molecule has 1 saturated heterocycles. The number of ether oxygens (including phenoxy) is 3. The van der Waals surface area contributed by atoms with Crippen molar-refractivity contribution >= 4 is 46.3 Å². The zero-order valence-corrected chi connectivity index (χ0v) is 28.9. The Morgan fingerprint density at radius 3 is 2.45 bits per heavy atom. The van der Waals surface area contributed by atoms with Gasteiger partial charge in [-0.05, 0) is 88.6 Å². The Balaban J connectivity index is 1.19. The minimum Gasteiger partial charge on any atom is -0.474 e. The lowest BCUT2D eigenvalue weighted by Gasteiger charge is -2.45. The number of hydrogen-bond donors (Lipinski definition) is 1. The second-order valence-electron chi connectivity index (χ2n) is 14.6. The average Bonchev–Trinajstić information content (AvgIpc) is 3.59. The fourth-order valence-electron chi connectivity index (χ4n) is 6.59. The second-order valence-corrected chi connectivity index (χ2v) is 14.6. The predicted molar refractivity (Wildman–Crippen MR) is 184 cm³/mol. The van der Waals surface area contributed by atoms with E-state index in [4.69, 9.17) is 19.2 Å². The van der Waals surface area contributed by atoms with Crippen LogP contribution >= 0.6 is 0 Å². The van der Waals surface area contributed by atoms with Crippen LogP contribution in [0.15, 0.2) is 48.8 Å². The minimum atomic E-state index is -0.772. The molecule has 6 heterocycles. The molecule has 4 aromatic rings. The van der Waals surface area contributed by atoms with Crippen molar-refractivity contribution in [2.24, 2.45) is 7.05 Å². The number of aromatic nitrogens is 3. The van der Waals surface area contributed by atoms with Crippen LogP contribution in [0.1, 0.15) is 57.5 Å². The third kappa shape index (κ3) is 6.09. The van der Waals surface area contributed by atoms with Crippen molar-refractivity contribution in [3.63, 3.8) is 0 Å². The van der Waals surface area contributed by atoms with Crippen molar-refractivity contribution in [2.45, 2.75) is 65.3 Å². The van der Waals surface area contributed by atoms with Gasteiger partial charge in [-0.3, -0.25) is 4.79 Å². The zero-order chi connectivity index (χ0) is 34.8. The number of anilines is 3. The van der Waals surface area contributed by atoms with Gasteiger partial charge in [-0.1, -0.05) is 6.07 Å². The molecule has 256 valence electrons. The highest BCUT2D eigenvalue weighted by molar-refractivity contribution is 6.12. The van der Waals surface area contributed by atoms with Gasteiger partial charge in [0.1, 0.15) is 35.0 Å². The molecule has 0 bridgehead atoms. The van der Waals surface area contributed by atoms with E-state index in [0.717, 1.165) is 32.7 Å². The van der Waals surface area contributed by atoms with Crippen LogP contribution in [0.25, 0.3) is 22.2 Å². The van der Waals surface area contributed by atoms with Gasteiger partial charge in [0.05, 0.1) is 23.8 Å². The van der Waals surface area contributed by atoms with Crippen molar-refractivity contribution in [2.75, 3.05) is 36.5 Å². The van der Waals surface area contributed by atoms with Gasteiger partial charge in [-0.2, -0.15) is 4.98 Å². The van der Waals surface area contributed by atoms with Gasteiger partial charge in [0.2, 0.25) is 5.88 Å². The summed E-state index contributed by atoms with van der Waals surface area (Å²) in [4.78, 5) is 54.3. The Bertz CT molecular complexity index is 1990. The highest BCUT2D eigenvalue weighted by Crippen LogP contribution is 2.41. The first-order valence-electron chi connectivity index (χ1n) is 16.4. The molecule has 1 N–H and O–H groups in total. The van der Waals surface area contributed by atoms with Gasteiger partial charge in [0.25, 0.3) is 5.91 Å². The van der Waals surface area contributed by atoms with Gasteiger partial charge in [-0.25, -0.2) is 19.5 Å². The maximum atomic E-state index is 14.0. The molecule has 1 fully saturated rings.